The molecule has 0 aliphatic carbocycles. The van der Waals surface area contributed by atoms with Gasteiger partial charge in [0.2, 0.25) is 0 Å². The van der Waals surface area contributed by atoms with E-state index in [1.165, 1.54) is 12.3 Å². The van der Waals surface area contributed by atoms with Crippen molar-refractivity contribution < 1.29 is 17.6 Å². The van der Waals surface area contributed by atoms with E-state index in [0.29, 0.717) is 20.5 Å². The minimum absolute atomic E-state index is 0.0327. The maximum absolute atomic E-state index is 14.3. The Balaban J connectivity index is 1.68. The van der Waals surface area contributed by atoms with E-state index in [4.69, 9.17) is 23.2 Å². The number of nitrogens with zero attached hydrogens (tertiary/aromatic N) is 4. The van der Waals surface area contributed by atoms with E-state index in [1.54, 1.807) is 36.4 Å². The average molecular weight is 517 g/mol. The molecule has 0 saturated carbocycles. The predicted octanol–water partition coefficient (Wildman–Crippen LogP) is 6.28. The zero-order valence-electron chi connectivity index (χ0n) is 16.6. The Morgan fingerprint density at radius 3 is 2.48 bits per heavy atom. The van der Waals surface area contributed by atoms with Crippen molar-refractivity contribution in [3.8, 4) is 21.8 Å². The standard InChI is InChI=1S/C21H14Cl2F4N4OS/c22-13-6-4-12(5-7-13)19-29-31(20(32)30(19)9-8-21(25,26)27)11-17-28-10-16(33-17)14-2-1-3-15(23)18(14)24/h1-7,10H,8-9,11H2. The fourth-order valence-electron chi connectivity index (χ4n) is 3.13. The molecule has 0 amide bonds. The molecule has 2 aromatic carbocycles. The summed E-state index contributed by atoms with van der Waals surface area (Å²) in [4.78, 5) is 17.6. The third kappa shape index (κ3) is 5.29. The van der Waals surface area contributed by atoms with Crippen LogP contribution >= 0.6 is 34.5 Å². The molecular formula is C21H14Cl2F4N4OS. The van der Waals surface area contributed by atoms with Gasteiger partial charge < -0.3 is 0 Å². The van der Waals surface area contributed by atoms with Gasteiger partial charge in [-0.3, -0.25) is 4.57 Å². The maximum Gasteiger partial charge on any atom is 0.390 e. The fourth-order valence-corrected chi connectivity index (χ4v) is 4.35. The molecule has 12 heteroatoms. The van der Waals surface area contributed by atoms with Gasteiger partial charge in [0, 0.05) is 28.9 Å². The highest BCUT2D eigenvalue weighted by molar-refractivity contribution is 7.15. The van der Waals surface area contributed by atoms with Gasteiger partial charge in [0.25, 0.3) is 0 Å². The van der Waals surface area contributed by atoms with Crippen LogP contribution in [0.5, 0.6) is 0 Å². The van der Waals surface area contributed by atoms with Crippen molar-refractivity contribution in [3.63, 3.8) is 0 Å². The molecule has 0 spiro atoms. The Morgan fingerprint density at radius 1 is 1.06 bits per heavy atom. The second-order valence-electron chi connectivity index (χ2n) is 7.01. The molecule has 172 valence electrons. The lowest BCUT2D eigenvalue weighted by Gasteiger charge is -2.08. The Labute approximate surface area is 198 Å². The predicted molar refractivity (Wildman–Crippen MR) is 119 cm³/mol. The van der Waals surface area contributed by atoms with Crippen molar-refractivity contribution in [2.24, 2.45) is 0 Å². The number of rotatable bonds is 6. The molecule has 5 nitrogen and oxygen atoms in total. The van der Waals surface area contributed by atoms with Crippen LogP contribution in [0.2, 0.25) is 10.0 Å². The lowest BCUT2D eigenvalue weighted by Crippen LogP contribution is -2.27. The van der Waals surface area contributed by atoms with Crippen LogP contribution in [0.1, 0.15) is 11.4 Å². The molecule has 0 unspecified atom stereocenters. The quantitative estimate of drug-likeness (QED) is 0.283. The van der Waals surface area contributed by atoms with Crippen LogP contribution in [-0.4, -0.2) is 25.5 Å². The third-order valence-corrected chi connectivity index (χ3v) is 6.26. The molecule has 4 rings (SSSR count). The van der Waals surface area contributed by atoms with Crippen LogP contribution in [0, 0.1) is 5.82 Å². The molecule has 4 aromatic rings. The molecule has 0 atom stereocenters. The van der Waals surface area contributed by atoms with Gasteiger partial charge in [-0.2, -0.15) is 13.2 Å². The van der Waals surface area contributed by atoms with Gasteiger partial charge in [0.15, 0.2) is 5.82 Å². The SMILES string of the molecule is O=c1n(Cc2ncc(-c3cccc(Cl)c3F)s2)nc(-c2ccc(Cl)cc2)n1CCC(F)(F)F. The number of halogens is 6. The Hall–Kier alpha value is -2.69. The zero-order chi connectivity index (χ0) is 23.8. The van der Waals surface area contributed by atoms with Crippen LogP contribution in [0.25, 0.3) is 21.8 Å². The first-order valence-corrected chi connectivity index (χ1v) is 11.1. The van der Waals surface area contributed by atoms with Crippen LogP contribution in [0.3, 0.4) is 0 Å². The monoisotopic (exact) mass is 516 g/mol. The summed E-state index contributed by atoms with van der Waals surface area (Å²) in [6.45, 7) is -0.678. The fraction of sp³-hybridized carbons (Fsp3) is 0.190. The van der Waals surface area contributed by atoms with E-state index in [-0.39, 0.29) is 23.0 Å². The number of aromatic nitrogens is 4. The molecule has 2 heterocycles. The Kier molecular flexibility index (Phi) is 6.60. The van der Waals surface area contributed by atoms with Gasteiger partial charge in [-0.1, -0.05) is 35.3 Å². The van der Waals surface area contributed by atoms with E-state index in [9.17, 15) is 22.4 Å². The van der Waals surface area contributed by atoms with Gasteiger partial charge in [-0.05, 0) is 30.3 Å². The van der Waals surface area contributed by atoms with E-state index < -0.39 is 30.6 Å². The molecule has 33 heavy (non-hydrogen) atoms. The summed E-state index contributed by atoms with van der Waals surface area (Å²) in [5.41, 5.74) is -0.00991. The molecule has 0 aliphatic rings. The van der Waals surface area contributed by atoms with Crippen LogP contribution in [0.15, 0.2) is 53.5 Å². The van der Waals surface area contributed by atoms with Gasteiger partial charge in [-0.25, -0.2) is 18.9 Å². The zero-order valence-corrected chi connectivity index (χ0v) is 18.9. The second-order valence-corrected chi connectivity index (χ2v) is 8.97. The first kappa shape index (κ1) is 23.5. The van der Waals surface area contributed by atoms with E-state index in [1.807, 2.05) is 0 Å². The topological polar surface area (TPSA) is 52.7 Å². The number of alkyl halides is 3. The molecule has 0 bridgehead atoms. The summed E-state index contributed by atoms with van der Waals surface area (Å²) in [5.74, 6) is -0.508. The van der Waals surface area contributed by atoms with Crippen molar-refractivity contribution >= 4 is 34.5 Å². The highest BCUT2D eigenvalue weighted by Gasteiger charge is 2.28. The second kappa shape index (κ2) is 9.28. The lowest BCUT2D eigenvalue weighted by molar-refractivity contribution is -0.136. The minimum atomic E-state index is -4.44. The Bertz CT molecular complexity index is 1350. The van der Waals surface area contributed by atoms with E-state index in [0.717, 1.165) is 20.6 Å². The summed E-state index contributed by atoms with van der Waals surface area (Å²) >= 11 is 12.9. The summed E-state index contributed by atoms with van der Waals surface area (Å²) in [6, 6.07) is 10.8. The minimum Gasteiger partial charge on any atom is -0.275 e. The average Bonchev–Trinajstić information content (AvgIpc) is 3.34. The molecule has 0 aliphatic heterocycles. The van der Waals surface area contributed by atoms with Crippen molar-refractivity contribution in [2.45, 2.75) is 25.7 Å². The van der Waals surface area contributed by atoms with Crippen molar-refractivity contribution in [2.75, 3.05) is 0 Å². The molecule has 0 saturated heterocycles. The van der Waals surface area contributed by atoms with Gasteiger partial charge in [-0.15, -0.1) is 16.4 Å². The highest BCUT2D eigenvalue weighted by atomic mass is 35.5. The molecule has 0 fully saturated rings. The number of thiazole rings is 1. The van der Waals surface area contributed by atoms with Gasteiger partial charge in [0.05, 0.1) is 22.9 Å². The molecule has 2 aromatic heterocycles. The van der Waals surface area contributed by atoms with Crippen LogP contribution in [-0.2, 0) is 13.1 Å². The van der Waals surface area contributed by atoms with Crippen molar-refractivity contribution in [3.05, 3.63) is 80.0 Å². The third-order valence-electron chi connectivity index (χ3n) is 4.70. The number of hydrogen-bond donors (Lipinski definition) is 0. The van der Waals surface area contributed by atoms with Gasteiger partial charge in [0.1, 0.15) is 10.8 Å². The summed E-state index contributed by atoms with van der Waals surface area (Å²) < 4.78 is 54.8. The number of benzene rings is 2. The van der Waals surface area contributed by atoms with Crippen molar-refractivity contribution in [1.29, 1.82) is 0 Å². The normalized spacial score (nSPS) is 11.8. The highest BCUT2D eigenvalue weighted by Crippen LogP contribution is 2.32. The largest absolute Gasteiger partial charge is 0.390 e. The van der Waals surface area contributed by atoms with E-state index in [2.05, 4.69) is 10.1 Å². The first-order chi connectivity index (χ1) is 15.6. The lowest BCUT2D eigenvalue weighted by atomic mass is 10.2. The summed E-state index contributed by atoms with van der Waals surface area (Å²) in [6.07, 6.45) is -4.18. The van der Waals surface area contributed by atoms with Crippen LogP contribution in [0.4, 0.5) is 17.6 Å². The maximum atomic E-state index is 14.3. The van der Waals surface area contributed by atoms with Crippen LogP contribution < -0.4 is 5.69 Å². The summed E-state index contributed by atoms with van der Waals surface area (Å²) in [5, 5.41) is 5.08. The molecular weight excluding hydrogens is 503 g/mol. The van der Waals surface area contributed by atoms with Gasteiger partial charge >= 0.3 is 11.9 Å². The first-order valence-electron chi connectivity index (χ1n) is 9.52. The summed E-state index contributed by atoms with van der Waals surface area (Å²) in [7, 11) is 0. The van der Waals surface area contributed by atoms with Crippen molar-refractivity contribution in [1.82, 2.24) is 19.3 Å². The Morgan fingerprint density at radius 2 is 1.79 bits per heavy atom. The number of hydrogen-bond acceptors (Lipinski definition) is 4. The van der Waals surface area contributed by atoms with E-state index >= 15 is 0 Å². The smallest absolute Gasteiger partial charge is 0.275 e. The molecule has 0 N–H and O–H groups in total. The molecule has 0 radical (unpaired) electrons.